The maximum Gasteiger partial charge on any atom is 0.412 e. The Morgan fingerprint density at radius 1 is 1.00 bits per heavy atom. The van der Waals surface area contributed by atoms with Gasteiger partial charge < -0.3 is 19.5 Å². The first-order valence-electron chi connectivity index (χ1n) is 8.00. The zero-order valence-electron chi connectivity index (χ0n) is 15.1. The SMILES string of the molecule is COc1cc(CC(=O)NC(c2ccccc2)C(F)(F)F)cc(OC)c1OC. The molecule has 0 aliphatic carbocycles. The van der Waals surface area contributed by atoms with Gasteiger partial charge in [-0.15, -0.1) is 0 Å². The maximum atomic E-state index is 13.4. The fourth-order valence-electron chi connectivity index (χ4n) is 2.63. The molecule has 5 nitrogen and oxygen atoms in total. The average Bonchev–Trinajstić information content (AvgIpc) is 2.65. The summed E-state index contributed by atoms with van der Waals surface area (Å²) in [5.41, 5.74) is 0.388. The van der Waals surface area contributed by atoms with Gasteiger partial charge >= 0.3 is 6.18 Å². The van der Waals surface area contributed by atoms with Crippen molar-refractivity contribution < 1.29 is 32.2 Å². The highest BCUT2D eigenvalue weighted by atomic mass is 19.4. The van der Waals surface area contributed by atoms with Gasteiger partial charge in [0.25, 0.3) is 0 Å². The molecule has 0 aliphatic heterocycles. The lowest BCUT2D eigenvalue weighted by Gasteiger charge is -2.22. The number of halogens is 3. The van der Waals surface area contributed by atoms with Crippen LogP contribution in [-0.4, -0.2) is 33.4 Å². The second-order valence-corrected chi connectivity index (χ2v) is 5.66. The molecule has 0 heterocycles. The van der Waals surface area contributed by atoms with E-state index in [0.29, 0.717) is 22.8 Å². The molecular weight excluding hydrogens is 363 g/mol. The van der Waals surface area contributed by atoms with Crippen LogP contribution in [0.3, 0.4) is 0 Å². The van der Waals surface area contributed by atoms with E-state index in [0.717, 1.165) is 0 Å². The van der Waals surface area contributed by atoms with Crippen molar-refractivity contribution in [2.45, 2.75) is 18.6 Å². The van der Waals surface area contributed by atoms with E-state index in [2.05, 4.69) is 0 Å². The number of methoxy groups -OCH3 is 3. The topological polar surface area (TPSA) is 56.8 Å². The Hall–Kier alpha value is -2.90. The molecule has 8 heteroatoms. The van der Waals surface area contributed by atoms with Gasteiger partial charge in [0.15, 0.2) is 17.5 Å². The Morgan fingerprint density at radius 2 is 1.56 bits per heavy atom. The first-order chi connectivity index (χ1) is 12.8. The minimum Gasteiger partial charge on any atom is -0.493 e. The monoisotopic (exact) mass is 383 g/mol. The van der Waals surface area contributed by atoms with Gasteiger partial charge in [-0.1, -0.05) is 30.3 Å². The van der Waals surface area contributed by atoms with Gasteiger partial charge in [-0.05, 0) is 23.3 Å². The van der Waals surface area contributed by atoms with E-state index in [4.69, 9.17) is 14.2 Å². The fourth-order valence-corrected chi connectivity index (χ4v) is 2.63. The number of nitrogens with one attached hydrogen (secondary N) is 1. The summed E-state index contributed by atoms with van der Waals surface area (Å²) in [6, 6.07) is 8.16. The zero-order valence-corrected chi connectivity index (χ0v) is 15.1. The van der Waals surface area contributed by atoms with Gasteiger partial charge in [-0.25, -0.2) is 0 Å². The average molecular weight is 383 g/mol. The zero-order chi connectivity index (χ0) is 20.0. The van der Waals surface area contributed by atoms with Crippen LogP contribution in [0.5, 0.6) is 17.2 Å². The van der Waals surface area contributed by atoms with E-state index < -0.39 is 18.1 Å². The van der Waals surface area contributed by atoms with Crippen LogP contribution in [-0.2, 0) is 11.2 Å². The molecule has 27 heavy (non-hydrogen) atoms. The van der Waals surface area contributed by atoms with E-state index in [9.17, 15) is 18.0 Å². The second-order valence-electron chi connectivity index (χ2n) is 5.66. The molecule has 0 radical (unpaired) electrons. The Bertz CT molecular complexity index is 753. The molecule has 0 bridgehead atoms. The number of rotatable bonds is 7. The summed E-state index contributed by atoms with van der Waals surface area (Å²) >= 11 is 0. The maximum absolute atomic E-state index is 13.4. The van der Waals surface area contributed by atoms with Crippen molar-refractivity contribution in [1.29, 1.82) is 0 Å². The number of amides is 1. The van der Waals surface area contributed by atoms with E-state index in [-0.39, 0.29) is 12.0 Å². The molecule has 0 aliphatic rings. The highest BCUT2D eigenvalue weighted by Gasteiger charge is 2.41. The number of carbonyl (C=O) groups is 1. The van der Waals surface area contributed by atoms with Crippen LogP contribution in [0.25, 0.3) is 0 Å². The van der Waals surface area contributed by atoms with Crippen LogP contribution in [0.4, 0.5) is 13.2 Å². The van der Waals surface area contributed by atoms with Crippen LogP contribution in [0, 0.1) is 0 Å². The summed E-state index contributed by atoms with van der Waals surface area (Å²) in [6.45, 7) is 0. The third kappa shape index (κ3) is 5.06. The number of alkyl halides is 3. The largest absolute Gasteiger partial charge is 0.493 e. The third-order valence-electron chi connectivity index (χ3n) is 3.85. The van der Waals surface area contributed by atoms with Crippen molar-refractivity contribution in [2.75, 3.05) is 21.3 Å². The minimum absolute atomic E-state index is 0.0387. The quantitative estimate of drug-likeness (QED) is 0.793. The van der Waals surface area contributed by atoms with Crippen molar-refractivity contribution in [3.63, 3.8) is 0 Å². The molecule has 0 saturated carbocycles. The Morgan fingerprint density at radius 3 is 2.00 bits per heavy atom. The third-order valence-corrected chi connectivity index (χ3v) is 3.85. The van der Waals surface area contributed by atoms with Crippen molar-refractivity contribution in [3.8, 4) is 17.2 Å². The van der Waals surface area contributed by atoms with Crippen LogP contribution in [0.1, 0.15) is 17.2 Å². The summed E-state index contributed by atoms with van der Waals surface area (Å²) in [5, 5.41) is 2.05. The van der Waals surface area contributed by atoms with Gasteiger partial charge in [0.05, 0.1) is 27.8 Å². The van der Waals surface area contributed by atoms with Crippen LogP contribution >= 0.6 is 0 Å². The fraction of sp³-hybridized carbons (Fsp3) is 0.316. The molecule has 0 saturated heterocycles. The van der Waals surface area contributed by atoms with Crippen molar-refractivity contribution in [2.24, 2.45) is 0 Å². The number of ether oxygens (including phenoxy) is 3. The van der Waals surface area contributed by atoms with Crippen molar-refractivity contribution in [3.05, 3.63) is 53.6 Å². The van der Waals surface area contributed by atoms with Gasteiger partial charge in [0.2, 0.25) is 11.7 Å². The predicted molar refractivity (Wildman–Crippen MR) is 93.2 cm³/mol. The minimum atomic E-state index is -4.62. The smallest absolute Gasteiger partial charge is 0.412 e. The second kappa shape index (κ2) is 8.66. The normalized spacial score (nSPS) is 12.2. The molecule has 0 aromatic heterocycles. The standard InChI is InChI=1S/C19H20F3NO4/c1-25-14-9-12(10-15(26-2)17(14)27-3)11-16(24)23-18(19(20,21)22)13-7-5-4-6-8-13/h4-10,18H,11H2,1-3H3,(H,23,24). The first-order valence-corrected chi connectivity index (χ1v) is 8.00. The highest BCUT2D eigenvalue weighted by molar-refractivity contribution is 5.79. The molecule has 1 amide bonds. The predicted octanol–water partition coefficient (Wildman–Crippen LogP) is 3.67. The van der Waals surface area contributed by atoms with Gasteiger partial charge in [0, 0.05) is 0 Å². The number of hydrogen-bond donors (Lipinski definition) is 1. The molecule has 1 atom stereocenters. The highest BCUT2D eigenvalue weighted by Crippen LogP contribution is 2.38. The Labute approximate surface area is 155 Å². The molecular formula is C19H20F3NO4. The lowest BCUT2D eigenvalue weighted by Crippen LogP contribution is -2.38. The summed E-state index contributed by atoms with van der Waals surface area (Å²) in [5.74, 6) is 0.183. The lowest BCUT2D eigenvalue weighted by molar-refractivity contribution is -0.163. The summed E-state index contributed by atoms with van der Waals surface area (Å²) < 4.78 is 55.7. The van der Waals surface area contributed by atoms with E-state index in [1.807, 2.05) is 5.32 Å². The molecule has 1 N–H and O–H groups in total. The van der Waals surface area contributed by atoms with Crippen LogP contribution < -0.4 is 19.5 Å². The Kier molecular flexibility index (Phi) is 6.55. The van der Waals surface area contributed by atoms with E-state index in [1.54, 1.807) is 6.07 Å². The molecule has 2 rings (SSSR count). The summed E-state index contributed by atoms with van der Waals surface area (Å²) in [7, 11) is 4.26. The van der Waals surface area contributed by atoms with Gasteiger partial charge in [-0.2, -0.15) is 13.2 Å². The molecule has 1 unspecified atom stereocenters. The van der Waals surface area contributed by atoms with E-state index in [1.165, 1.54) is 57.7 Å². The molecule has 146 valence electrons. The Balaban J connectivity index is 2.23. The summed E-state index contributed by atoms with van der Waals surface area (Å²) in [4.78, 5) is 12.3. The van der Waals surface area contributed by atoms with Gasteiger partial charge in [0.1, 0.15) is 0 Å². The molecule has 2 aromatic carbocycles. The van der Waals surface area contributed by atoms with E-state index >= 15 is 0 Å². The molecule has 0 fully saturated rings. The number of benzene rings is 2. The summed E-state index contributed by atoms with van der Waals surface area (Å²) in [6.07, 6.45) is -4.90. The lowest BCUT2D eigenvalue weighted by atomic mass is 10.1. The molecule has 2 aromatic rings. The molecule has 0 spiro atoms. The van der Waals surface area contributed by atoms with Crippen LogP contribution in [0.15, 0.2) is 42.5 Å². The first kappa shape index (κ1) is 20.4. The van der Waals surface area contributed by atoms with Crippen LogP contribution in [0.2, 0.25) is 0 Å². The van der Waals surface area contributed by atoms with Crippen molar-refractivity contribution >= 4 is 5.91 Å². The number of carbonyl (C=O) groups excluding carboxylic acids is 1. The van der Waals surface area contributed by atoms with Crippen molar-refractivity contribution in [1.82, 2.24) is 5.32 Å². The van der Waals surface area contributed by atoms with Gasteiger partial charge in [-0.3, -0.25) is 4.79 Å². The number of hydrogen-bond acceptors (Lipinski definition) is 4.